The average molecular weight is 627 g/mol. The summed E-state index contributed by atoms with van der Waals surface area (Å²) in [5.74, 6) is 5.71. The third kappa shape index (κ3) is 6.52. The molecule has 0 heterocycles. The number of ether oxygens (including phenoxy) is 2. The summed E-state index contributed by atoms with van der Waals surface area (Å²) in [4.78, 5) is 0. The molecule has 0 bridgehead atoms. The summed E-state index contributed by atoms with van der Waals surface area (Å²) in [6, 6.07) is 14.8. The second kappa shape index (κ2) is 12.6. The number of nitrogen functional groups attached to an aromatic ring is 1. The van der Waals surface area contributed by atoms with E-state index in [1.165, 1.54) is 38.5 Å². The Balaban J connectivity index is 1.22. The largest absolute Gasteiger partial charge is 0.490 e. The topological polar surface area (TPSA) is 56.5 Å². The Morgan fingerprint density at radius 2 is 1.49 bits per heavy atom. The van der Waals surface area contributed by atoms with E-state index in [9.17, 15) is 13.2 Å². The van der Waals surface area contributed by atoms with Gasteiger partial charge < -0.3 is 20.5 Å². The zero-order valence-electron chi connectivity index (χ0n) is 27.5. The molecule has 3 unspecified atom stereocenters. The van der Waals surface area contributed by atoms with Gasteiger partial charge in [0.1, 0.15) is 24.1 Å². The molecule has 0 aromatic heterocycles. The van der Waals surface area contributed by atoms with Crippen LogP contribution in [0.4, 0.5) is 24.5 Å². The lowest BCUT2D eigenvalue weighted by atomic mass is 9.43. The molecule has 2 aromatic carbocycles. The van der Waals surface area contributed by atoms with Gasteiger partial charge in [-0.05, 0) is 140 Å². The predicted molar refractivity (Wildman–Crippen MR) is 175 cm³/mol. The van der Waals surface area contributed by atoms with Crippen molar-refractivity contribution in [2.45, 2.75) is 110 Å². The maximum absolute atomic E-state index is 12.6. The number of hydrogen-bond acceptors (Lipinski definition) is 4. The van der Waals surface area contributed by atoms with Crippen LogP contribution in [0.1, 0.15) is 91.9 Å². The van der Waals surface area contributed by atoms with Gasteiger partial charge in [0, 0.05) is 17.3 Å². The van der Waals surface area contributed by atoms with Crippen LogP contribution < -0.4 is 20.5 Å². The molecule has 4 fully saturated rings. The Morgan fingerprint density at radius 1 is 0.844 bits per heavy atom. The van der Waals surface area contributed by atoms with Crippen molar-refractivity contribution in [1.29, 1.82) is 0 Å². The minimum Gasteiger partial charge on any atom is -0.490 e. The molecular weight excluding hydrogens is 573 g/mol. The quantitative estimate of drug-likeness (QED) is 0.272. The third-order valence-corrected chi connectivity index (χ3v) is 12.9. The highest BCUT2D eigenvalue weighted by Crippen LogP contribution is 2.68. The summed E-state index contributed by atoms with van der Waals surface area (Å²) in [7, 11) is 0. The number of benzene rings is 2. The van der Waals surface area contributed by atoms with E-state index < -0.39 is 12.7 Å². The van der Waals surface area contributed by atoms with E-state index in [1.807, 2.05) is 24.3 Å². The molecule has 0 aliphatic heterocycles. The summed E-state index contributed by atoms with van der Waals surface area (Å²) in [6.07, 6.45) is 7.99. The molecule has 0 saturated heterocycles. The van der Waals surface area contributed by atoms with Gasteiger partial charge in [-0.2, -0.15) is 13.2 Å². The van der Waals surface area contributed by atoms with Crippen LogP contribution in [0.3, 0.4) is 0 Å². The Morgan fingerprint density at radius 3 is 2.18 bits per heavy atom. The first-order valence-corrected chi connectivity index (χ1v) is 17.5. The maximum atomic E-state index is 12.6. The molecule has 248 valence electrons. The number of halogens is 3. The van der Waals surface area contributed by atoms with Crippen molar-refractivity contribution in [3.05, 3.63) is 48.5 Å². The molecule has 4 aliphatic rings. The summed E-state index contributed by atoms with van der Waals surface area (Å²) in [6.45, 7) is 8.98. The third-order valence-electron chi connectivity index (χ3n) is 12.9. The van der Waals surface area contributed by atoms with Crippen LogP contribution >= 0.6 is 0 Å². The number of fused-ring (bicyclic) bond motifs is 5. The van der Waals surface area contributed by atoms with Gasteiger partial charge in [0.05, 0.1) is 6.10 Å². The SMILES string of the molecule is CCC[C@@H](C)[C@H]1CC[C@H]2[C@@H]3CC(Oc4ccc(N)cc4)C4CC(Oc5ccc(NCC(F)(F)F)cc5)CC[C@]4(C)[C@H]3CC[C@]12C. The van der Waals surface area contributed by atoms with Crippen LogP contribution in [-0.4, -0.2) is 24.9 Å². The average Bonchev–Trinajstić information content (AvgIpc) is 3.36. The first-order chi connectivity index (χ1) is 21.4. The van der Waals surface area contributed by atoms with E-state index in [2.05, 4.69) is 33.0 Å². The highest BCUT2D eigenvalue weighted by molar-refractivity contribution is 5.46. The zero-order valence-corrected chi connectivity index (χ0v) is 27.5. The Kier molecular flexibility index (Phi) is 9.04. The molecule has 0 amide bonds. The Bertz CT molecular complexity index is 1280. The Hall–Kier alpha value is -2.57. The minimum absolute atomic E-state index is 0.0470. The van der Waals surface area contributed by atoms with E-state index in [1.54, 1.807) is 24.3 Å². The number of anilines is 2. The second-order valence-electron chi connectivity index (χ2n) is 15.5. The summed E-state index contributed by atoms with van der Waals surface area (Å²) >= 11 is 0. The molecule has 10 atom stereocenters. The minimum atomic E-state index is -4.25. The van der Waals surface area contributed by atoms with Gasteiger partial charge in [-0.3, -0.25) is 0 Å². The predicted octanol–water partition coefficient (Wildman–Crippen LogP) is 10.1. The van der Waals surface area contributed by atoms with E-state index in [-0.39, 0.29) is 17.6 Å². The standard InChI is InChI=1S/C38H53F3N2O2/c1-5-6-24(2)31-15-16-32-30-22-35(45-28-11-7-25(42)8-12-28)34-21-29(17-19-37(34,4)33(30)18-20-36(31,32)3)44-27-13-9-26(10-14-27)43-23-38(39,40)41/h7-14,24,29-35,43H,5-6,15-23,42H2,1-4H3/t24-,29?,30+,31-,32+,33+,34?,35?,36-,37-/m1/s1. The van der Waals surface area contributed by atoms with Gasteiger partial charge in [0.15, 0.2) is 0 Å². The molecule has 7 heteroatoms. The van der Waals surface area contributed by atoms with Crippen LogP contribution in [0.5, 0.6) is 11.5 Å². The van der Waals surface area contributed by atoms with E-state index in [0.29, 0.717) is 34.6 Å². The van der Waals surface area contributed by atoms with Crippen LogP contribution in [0.25, 0.3) is 0 Å². The lowest BCUT2D eigenvalue weighted by Crippen LogP contribution is -2.59. The highest BCUT2D eigenvalue weighted by atomic mass is 19.4. The first kappa shape index (κ1) is 32.4. The summed E-state index contributed by atoms with van der Waals surface area (Å²) in [5.41, 5.74) is 7.80. The monoisotopic (exact) mass is 626 g/mol. The van der Waals surface area contributed by atoms with Gasteiger partial charge in [-0.1, -0.05) is 40.5 Å². The molecule has 0 radical (unpaired) electrons. The fourth-order valence-corrected chi connectivity index (χ4v) is 10.9. The van der Waals surface area contributed by atoms with Gasteiger partial charge in [-0.25, -0.2) is 0 Å². The van der Waals surface area contributed by atoms with Crippen molar-refractivity contribution in [2.75, 3.05) is 17.6 Å². The van der Waals surface area contributed by atoms with E-state index in [4.69, 9.17) is 15.2 Å². The van der Waals surface area contributed by atoms with Crippen molar-refractivity contribution in [1.82, 2.24) is 0 Å². The lowest BCUT2D eigenvalue weighted by Gasteiger charge is -2.63. The van der Waals surface area contributed by atoms with Crippen LogP contribution in [0.2, 0.25) is 0 Å². The Labute approximate surface area is 268 Å². The normalized spacial score (nSPS) is 36.7. The molecular formula is C38H53F3N2O2. The summed E-state index contributed by atoms with van der Waals surface area (Å²) < 4.78 is 51.4. The van der Waals surface area contributed by atoms with E-state index in [0.717, 1.165) is 54.9 Å². The molecule has 3 N–H and O–H groups in total. The maximum Gasteiger partial charge on any atom is 0.405 e. The second-order valence-corrected chi connectivity index (χ2v) is 15.5. The number of hydrogen-bond donors (Lipinski definition) is 2. The lowest BCUT2D eigenvalue weighted by molar-refractivity contribution is -0.164. The van der Waals surface area contributed by atoms with Crippen molar-refractivity contribution in [2.24, 2.45) is 46.3 Å². The molecule has 2 aromatic rings. The molecule has 4 aliphatic carbocycles. The molecule has 0 spiro atoms. The number of nitrogens with one attached hydrogen (secondary N) is 1. The van der Waals surface area contributed by atoms with Gasteiger partial charge >= 0.3 is 6.18 Å². The number of nitrogens with two attached hydrogens (primary N) is 1. The molecule has 4 saturated carbocycles. The van der Waals surface area contributed by atoms with Crippen LogP contribution in [-0.2, 0) is 0 Å². The molecule has 45 heavy (non-hydrogen) atoms. The number of alkyl halides is 3. The van der Waals surface area contributed by atoms with Gasteiger partial charge in [0.2, 0.25) is 0 Å². The zero-order chi connectivity index (χ0) is 32.0. The van der Waals surface area contributed by atoms with Crippen molar-refractivity contribution in [3.8, 4) is 11.5 Å². The van der Waals surface area contributed by atoms with Crippen molar-refractivity contribution < 1.29 is 22.6 Å². The first-order valence-electron chi connectivity index (χ1n) is 17.5. The van der Waals surface area contributed by atoms with Crippen molar-refractivity contribution in [3.63, 3.8) is 0 Å². The molecule has 6 rings (SSSR count). The van der Waals surface area contributed by atoms with Gasteiger partial charge in [0.25, 0.3) is 0 Å². The smallest absolute Gasteiger partial charge is 0.405 e. The number of rotatable bonds is 9. The van der Waals surface area contributed by atoms with Gasteiger partial charge in [-0.15, -0.1) is 0 Å². The summed E-state index contributed by atoms with van der Waals surface area (Å²) in [5, 5.41) is 2.44. The highest BCUT2D eigenvalue weighted by Gasteiger charge is 2.63. The van der Waals surface area contributed by atoms with E-state index >= 15 is 0 Å². The fourth-order valence-electron chi connectivity index (χ4n) is 10.9. The van der Waals surface area contributed by atoms with Crippen LogP contribution in [0.15, 0.2) is 48.5 Å². The van der Waals surface area contributed by atoms with Crippen molar-refractivity contribution >= 4 is 11.4 Å². The van der Waals surface area contributed by atoms with Crippen LogP contribution in [0, 0.1) is 46.3 Å². The molecule has 4 nitrogen and oxygen atoms in total. The fraction of sp³-hybridized carbons (Fsp3) is 0.684.